The van der Waals surface area contributed by atoms with Crippen LogP contribution in [-0.2, 0) is 6.54 Å². The van der Waals surface area contributed by atoms with Crippen molar-refractivity contribution in [3.8, 4) is 0 Å². The molecule has 2 rings (SSSR count). The van der Waals surface area contributed by atoms with Crippen molar-refractivity contribution in [2.45, 2.75) is 32.9 Å². The number of benzene rings is 1. The lowest BCUT2D eigenvalue weighted by atomic mass is 10.0. The van der Waals surface area contributed by atoms with Crippen LogP contribution in [0.15, 0.2) is 30.5 Å². The van der Waals surface area contributed by atoms with Gasteiger partial charge in [0.25, 0.3) is 0 Å². The molecule has 4 heteroatoms. The third kappa shape index (κ3) is 3.55. The number of aryl methyl sites for hydroxylation is 1. The van der Waals surface area contributed by atoms with E-state index in [0.29, 0.717) is 6.04 Å². The van der Waals surface area contributed by atoms with Crippen molar-refractivity contribution in [3.05, 3.63) is 50.9 Å². The molecule has 1 unspecified atom stereocenters. The van der Waals surface area contributed by atoms with Crippen molar-refractivity contribution in [2.75, 3.05) is 0 Å². The molecular weight excluding hydrogens is 264 g/mol. The zero-order valence-corrected chi connectivity index (χ0v) is 12.2. The molecule has 1 N–H and O–H groups in total. The lowest BCUT2D eigenvalue weighted by Gasteiger charge is -2.16. The Hall–Kier alpha value is -0.900. The molecule has 0 radical (unpaired) electrons. The molecule has 1 heterocycles. The number of thiazole rings is 1. The van der Waals surface area contributed by atoms with Crippen molar-refractivity contribution in [3.63, 3.8) is 0 Å². The number of rotatable bonds is 5. The average molecular weight is 281 g/mol. The van der Waals surface area contributed by atoms with Crippen molar-refractivity contribution in [1.29, 1.82) is 0 Å². The first-order valence-electron chi connectivity index (χ1n) is 6.09. The molecule has 0 saturated heterocycles. The number of halogens is 1. The lowest BCUT2D eigenvalue weighted by molar-refractivity contribution is 0.518. The summed E-state index contributed by atoms with van der Waals surface area (Å²) in [6.07, 6.45) is 2.97. The van der Waals surface area contributed by atoms with Crippen molar-refractivity contribution in [1.82, 2.24) is 10.3 Å². The van der Waals surface area contributed by atoms with Crippen LogP contribution < -0.4 is 5.32 Å². The highest BCUT2D eigenvalue weighted by molar-refractivity contribution is 7.11. The standard InChI is InChI=1S/C14H17ClN2S/c1-3-13(11-4-6-12(15)7-5-11)16-9-14-17-8-10(2)18-14/h4-8,13,16H,3,9H2,1-2H3. The van der Waals surface area contributed by atoms with Gasteiger partial charge < -0.3 is 5.32 Å². The Labute approximate surface area is 117 Å². The molecule has 1 aromatic carbocycles. The van der Waals surface area contributed by atoms with Gasteiger partial charge in [-0.3, -0.25) is 0 Å². The summed E-state index contributed by atoms with van der Waals surface area (Å²) in [6.45, 7) is 5.08. The maximum atomic E-state index is 5.91. The number of nitrogens with zero attached hydrogens (tertiary/aromatic N) is 1. The van der Waals surface area contributed by atoms with Crippen molar-refractivity contribution in [2.24, 2.45) is 0 Å². The predicted octanol–water partition coefficient (Wildman–Crippen LogP) is 4.35. The largest absolute Gasteiger partial charge is 0.304 e. The molecule has 18 heavy (non-hydrogen) atoms. The summed E-state index contributed by atoms with van der Waals surface area (Å²) in [4.78, 5) is 5.62. The monoisotopic (exact) mass is 280 g/mol. The lowest BCUT2D eigenvalue weighted by Crippen LogP contribution is -2.20. The van der Waals surface area contributed by atoms with E-state index < -0.39 is 0 Å². The molecule has 0 fully saturated rings. The second kappa shape index (κ2) is 6.32. The molecule has 1 atom stereocenters. The van der Waals surface area contributed by atoms with E-state index in [1.807, 2.05) is 18.3 Å². The second-order valence-corrected chi connectivity index (χ2v) is 6.01. The Balaban J connectivity index is 1.99. The van der Waals surface area contributed by atoms with Crippen LogP contribution in [0.25, 0.3) is 0 Å². The molecular formula is C14H17ClN2S. The SMILES string of the molecule is CCC(NCc1ncc(C)s1)c1ccc(Cl)cc1. The Bertz CT molecular complexity index is 493. The maximum Gasteiger partial charge on any atom is 0.107 e. The maximum absolute atomic E-state index is 5.91. The molecule has 0 saturated carbocycles. The predicted molar refractivity (Wildman–Crippen MR) is 78.2 cm³/mol. The minimum absolute atomic E-state index is 0.353. The highest BCUT2D eigenvalue weighted by atomic mass is 35.5. The summed E-state index contributed by atoms with van der Waals surface area (Å²) in [7, 11) is 0. The zero-order chi connectivity index (χ0) is 13.0. The third-order valence-corrected chi connectivity index (χ3v) is 4.01. The molecule has 1 aromatic heterocycles. The fraction of sp³-hybridized carbons (Fsp3) is 0.357. The molecule has 0 amide bonds. The van der Waals surface area contributed by atoms with Crippen LogP contribution in [0.3, 0.4) is 0 Å². The van der Waals surface area contributed by atoms with Gasteiger partial charge in [0, 0.05) is 28.7 Å². The van der Waals surface area contributed by atoms with Gasteiger partial charge in [0.15, 0.2) is 0 Å². The number of hydrogen-bond acceptors (Lipinski definition) is 3. The summed E-state index contributed by atoms with van der Waals surface area (Å²) < 4.78 is 0. The van der Waals surface area contributed by atoms with Gasteiger partial charge in [-0.05, 0) is 31.0 Å². The normalized spacial score (nSPS) is 12.6. The van der Waals surface area contributed by atoms with Crippen LogP contribution in [0.2, 0.25) is 5.02 Å². The van der Waals surface area contributed by atoms with Gasteiger partial charge in [-0.15, -0.1) is 11.3 Å². The Morgan fingerprint density at radius 3 is 2.61 bits per heavy atom. The van der Waals surface area contributed by atoms with E-state index in [0.717, 1.165) is 23.0 Å². The summed E-state index contributed by atoms with van der Waals surface area (Å²) in [5.74, 6) is 0. The van der Waals surface area contributed by atoms with E-state index in [9.17, 15) is 0 Å². The van der Waals surface area contributed by atoms with Crippen LogP contribution in [0.1, 0.15) is 34.8 Å². The smallest absolute Gasteiger partial charge is 0.107 e. The molecule has 2 aromatic rings. The molecule has 0 spiro atoms. The minimum Gasteiger partial charge on any atom is -0.304 e. The van der Waals surface area contributed by atoms with Crippen molar-refractivity contribution < 1.29 is 0 Å². The first-order valence-corrected chi connectivity index (χ1v) is 7.28. The van der Waals surface area contributed by atoms with Crippen LogP contribution in [0.5, 0.6) is 0 Å². The molecule has 0 aliphatic carbocycles. The van der Waals surface area contributed by atoms with Gasteiger partial charge in [0.05, 0.1) is 0 Å². The van der Waals surface area contributed by atoms with Crippen LogP contribution in [0.4, 0.5) is 0 Å². The van der Waals surface area contributed by atoms with Gasteiger partial charge in [0.2, 0.25) is 0 Å². The van der Waals surface area contributed by atoms with Gasteiger partial charge in [0.1, 0.15) is 5.01 Å². The highest BCUT2D eigenvalue weighted by Crippen LogP contribution is 2.20. The Kier molecular flexibility index (Phi) is 4.75. The van der Waals surface area contributed by atoms with Gasteiger partial charge >= 0.3 is 0 Å². The topological polar surface area (TPSA) is 24.9 Å². The van der Waals surface area contributed by atoms with Crippen LogP contribution in [-0.4, -0.2) is 4.98 Å². The molecule has 96 valence electrons. The van der Waals surface area contributed by atoms with E-state index in [4.69, 9.17) is 11.6 Å². The first kappa shape index (κ1) is 13.5. The Morgan fingerprint density at radius 1 is 1.33 bits per heavy atom. The van der Waals surface area contributed by atoms with E-state index in [1.54, 1.807) is 11.3 Å². The first-order chi connectivity index (χ1) is 8.69. The zero-order valence-electron chi connectivity index (χ0n) is 10.6. The van der Waals surface area contributed by atoms with E-state index in [-0.39, 0.29) is 0 Å². The van der Waals surface area contributed by atoms with E-state index in [2.05, 4.69) is 36.3 Å². The molecule has 2 nitrogen and oxygen atoms in total. The van der Waals surface area contributed by atoms with E-state index >= 15 is 0 Å². The fourth-order valence-corrected chi connectivity index (χ4v) is 2.75. The number of nitrogens with one attached hydrogen (secondary N) is 1. The summed E-state index contributed by atoms with van der Waals surface area (Å²) in [6, 6.07) is 8.39. The fourth-order valence-electron chi connectivity index (χ4n) is 1.89. The summed E-state index contributed by atoms with van der Waals surface area (Å²) in [5, 5.41) is 5.46. The van der Waals surface area contributed by atoms with Crippen LogP contribution >= 0.6 is 22.9 Å². The minimum atomic E-state index is 0.353. The molecule has 0 aliphatic heterocycles. The van der Waals surface area contributed by atoms with Crippen molar-refractivity contribution >= 4 is 22.9 Å². The molecule has 0 bridgehead atoms. The quantitative estimate of drug-likeness (QED) is 0.881. The number of aromatic nitrogens is 1. The highest BCUT2D eigenvalue weighted by Gasteiger charge is 2.09. The van der Waals surface area contributed by atoms with Gasteiger partial charge in [-0.2, -0.15) is 0 Å². The molecule has 0 aliphatic rings. The van der Waals surface area contributed by atoms with E-state index in [1.165, 1.54) is 10.4 Å². The summed E-state index contributed by atoms with van der Waals surface area (Å²) in [5.41, 5.74) is 1.27. The average Bonchev–Trinajstić information content (AvgIpc) is 2.78. The summed E-state index contributed by atoms with van der Waals surface area (Å²) >= 11 is 7.65. The van der Waals surface area contributed by atoms with Gasteiger partial charge in [-0.1, -0.05) is 30.7 Å². The van der Waals surface area contributed by atoms with Gasteiger partial charge in [-0.25, -0.2) is 4.98 Å². The number of hydrogen-bond donors (Lipinski definition) is 1. The van der Waals surface area contributed by atoms with Crippen LogP contribution in [0, 0.1) is 6.92 Å². The third-order valence-electron chi connectivity index (χ3n) is 2.85. The second-order valence-electron chi connectivity index (χ2n) is 4.26. The Morgan fingerprint density at radius 2 is 2.06 bits per heavy atom.